The van der Waals surface area contributed by atoms with Crippen molar-refractivity contribution < 1.29 is 0 Å². The zero-order chi connectivity index (χ0) is 13.3. The molecule has 0 aliphatic heterocycles. The first kappa shape index (κ1) is 13.3. The molecule has 0 fully saturated rings. The fourth-order valence-electron chi connectivity index (χ4n) is 1.77. The molecule has 0 spiro atoms. The van der Waals surface area contributed by atoms with E-state index in [2.05, 4.69) is 39.9 Å². The predicted octanol–water partition coefficient (Wildman–Crippen LogP) is 2.40. The van der Waals surface area contributed by atoms with Crippen molar-refractivity contribution in [2.75, 3.05) is 13.7 Å². The normalized spacial score (nSPS) is 11.3. The lowest BCUT2D eigenvalue weighted by molar-refractivity contribution is 0.757. The molecule has 0 bridgehead atoms. The summed E-state index contributed by atoms with van der Waals surface area (Å²) in [6.07, 6.45) is 0. The maximum Gasteiger partial charge on any atom is 0.129 e. The number of amidine groups is 1. The summed E-state index contributed by atoms with van der Waals surface area (Å²) in [5.74, 6) is 0.916. The van der Waals surface area contributed by atoms with Crippen molar-refractivity contribution in [3.8, 4) is 0 Å². The van der Waals surface area contributed by atoms with Gasteiger partial charge in [-0.1, -0.05) is 60.7 Å². The van der Waals surface area contributed by atoms with Crippen molar-refractivity contribution in [3.05, 3.63) is 71.8 Å². The van der Waals surface area contributed by atoms with E-state index in [1.165, 1.54) is 5.56 Å². The zero-order valence-corrected chi connectivity index (χ0v) is 11.1. The van der Waals surface area contributed by atoms with E-state index in [1.807, 2.05) is 43.4 Å². The van der Waals surface area contributed by atoms with Gasteiger partial charge in [0.2, 0.25) is 0 Å². The summed E-state index contributed by atoms with van der Waals surface area (Å²) >= 11 is 0. The Hall–Kier alpha value is -2.13. The van der Waals surface area contributed by atoms with Crippen LogP contribution in [0.4, 0.5) is 0 Å². The molecule has 3 heteroatoms. The zero-order valence-electron chi connectivity index (χ0n) is 11.1. The smallest absolute Gasteiger partial charge is 0.129 e. The molecule has 0 radical (unpaired) electrons. The lowest BCUT2D eigenvalue weighted by Gasteiger charge is -2.10. The summed E-state index contributed by atoms with van der Waals surface area (Å²) in [5.41, 5.74) is 2.32. The summed E-state index contributed by atoms with van der Waals surface area (Å²) < 4.78 is 0. The number of rotatable bonds is 5. The quantitative estimate of drug-likeness (QED) is 0.488. The van der Waals surface area contributed by atoms with Crippen LogP contribution >= 0.6 is 0 Å². The third kappa shape index (κ3) is 4.23. The van der Waals surface area contributed by atoms with Crippen LogP contribution in [-0.2, 0) is 6.54 Å². The molecule has 19 heavy (non-hydrogen) atoms. The highest BCUT2D eigenvalue weighted by Gasteiger charge is 2.01. The Morgan fingerprint density at radius 1 is 0.947 bits per heavy atom. The molecule has 0 aliphatic rings. The van der Waals surface area contributed by atoms with E-state index >= 15 is 0 Å². The van der Waals surface area contributed by atoms with Gasteiger partial charge in [-0.25, -0.2) is 0 Å². The number of hydrogen-bond acceptors (Lipinski definition) is 2. The summed E-state index contributed by atoms with van der Waals surface area (Å²) in [7, 11) is 1.91. The molecule has 0 atom stereocenters. The van der Waals surface area contributed by atoms with Crippen LogP contribution in [0.5, 0.6) is 0 Å². The molecule has 0 unspecified atom stereocenters. The van der Waals surface area contributed by atoms with Crippen LogP contribution in [0.1, 0.15) is 11.1 Å². The fraction of sp³-hybridized carbons (Fsp3) is 0.188. The molecule has 2 rings (SSSR count). The van der Waals surface area contributed by atoms with Gasteiger partial charge in [-0.2, -0.15) is 0 Å². The Kier molecular flexibility index (Phi) is 5.14. The highest BCUT2D eigenvalue weighted by Crippen LogP contribution is 2.04. The Balaban J connectivity index is 2.13. The van der Waals surface area contributed by atoms with E-state index in [-0.39, 0.29) is 0 Å². The van der Waals surface area contributed by atoms with Gasteiger partial charge in [0.1, 0.15) is 5.84 Å². The van der Waals surface area contributed by atoms with Crippen molar-refractivity contribution in [2.45, 2.75) is 6.54 Å². The molecule has 2 aromatic carbocycles. The maximum absolute atomic E-state index is 4.67. The summed E-state index contributed by atoms with van der Waals surface area (Å²) in [5, 5.41) is 6.37. The molecule has 2 aromatic rings. The average molecular weight is 253 g/mol. The minimum Gasteiger partial charge on any atom is -0.357 e. The molecule has 0 saturated carbocycles. The minimum atomic E-state index is 0.682. The van der Waals surface area contributed by atoms with Crippen LogP contribution in [0.2, 0.25) is 0 Å². The molecule has 0 aromatic heterocycles. The first-order valence-corrected chi connectivity index (χ1v) is 6.42. The minimum absolute atomic E-state index is 0.682. The van der Waals surface area contributed by atoms with Crippen LogP contribution in [0.15, 0.2) is 65.7 Å². The Bertz CT molecular complexity index is 506. The molecule has 0 aliphatic carbocycles. The first-order valence-electron chi connectivity index (χ1n) is 6.42. The number of aliphatic imine (C=N–C) groups is 1. The van der Waals surface area contributed by atoms with Crippen LogP contribution in [0.25, 0.3) is 0 Å². The van der Waals surface area contributed by atoms with Crippen LogP contribution < -0.4 is 10.6 Å². The molecule has 2 N–H and O–H groups in total. The SMILES string of the molecule is CNCNC(=NCc1ccccc1)c1ccccc1. The summed E-state index contributed by atoms with van der Waals surface area (Å²) in [4.78, 5) is 4.67. The fourth-order valence-corrected chi connectivity index (χ4v) is 1.77. The molecular formula is C16H19N3. The number of nitrogens with zero attached hydrogens (tertiary/aromatic N) is 1. The average Bonchev–Trinajstić information content (AvgIpc) is 2.49. The van der Waals surface area contributed by atoms with Crippen molar-refractivity contribution in [3.63, 3.8) is 0 Å². The van der Waals surface area contributed by atoms with Crippen molar-refractivity contribution in [1.29, 1.82) is 0 Å². The monoisotopic (exact) mass is 253 g/mol. The second-order valence-electron chi connectivity index (χ2n) is 4.22. The third-order valence-corrected chi connectivity index (χ3v) is 2.74. The second-order valence-corrected chi connectivity index (χ2v) is 4.22. The third-order valence-electron chi connectivity index (χ3n) is 2.74. The Morgan fingerprint density at radius 3 is 2.21 bits per heavy atom. The number of benzene rings is 2. The maximum atomic E-state index is 4.67. The van der Waals surface area contributed by atoms with E-state index in [9.17, 15) is 0 Å². The highest BCUT2D eigenvalue weighted by atomic mass is 15.1. The van der Waals surface area contributed by atoms with Crippen molar-refractivity contribution >= 4 is 5.84 Å². The Labute approximate surface area is 114 Å². The Morgan fingerprint density at radius 2 is 1.58 bits per heavy atom. The van der Waals surface area contributed by atoms with Crippen molar-refractivity contribution in [2.24, 2.45) is 4.99 Å². The number of hydrogen-bond donors (Lipinski definition) is 2. The van der Waals surface area contributed by atoms with Gasteiger partial charge in [0, 0.05) is 5.56 Å². The van der Waals surface area contributed by atoms with Crippen LogP contribution in [0.3, 0.4) is 0 Å². The van der Waals surface area contributed by atoms with Crippen LogP contribution in [0, 0.1) is 0 Å². The van der Waals surface area contributed by atoms with Gasteiger partial charge in [-0.3, -0.25) is 4.99 Å². The van der Waals surface area contributed by atoms with Gasteiger partial charge >= 0.3 is 0 Å². The predicted molar refractivity (Wildman–Crippen MR) is 80.2 cm³/mol. The van der Waals surface area contributed by atoms with Gasteiger partial charge in [-0.05, 0) is 12.6 Å². The van der Waals surface area contributed by atoms with Gasteiger partial charge in [0.05, 0.1) is 13.2 Å². The number of nitrogens with one attached hydrogen (secondary N) is 2. The van der Waals surface area contributed by atoms with Crippen molar-refractivity contribution in [1.82, 2.24) is 10.6 Å². The molecule has 0 saturated heterocycles. The largest absolute Gasteiger partial charge is 0.357 e. The molecule has 3 nitrogen and oxygen atoms in total. The summed E-state index contributed by atoms with van der Waals surface area (Å²) in [6.45, 7) is 1.38. The lowest BCUT2D eigenvalue weighted by atomic mass is 10.2. The van der Waals surface area contributed by atoms with E-state index in [4.69, 9.17) is 0 Å². The first-order chi connectivity index (χ1) is 9.40. The highest BCUT2D eigenvalue weighted by molar-refractivity contribution is 5.98. The van der Waals surface area contributed by atoms with E-state index in [0.717, 1.165) is 11.4 Å². The standard InChI is InChI=1S/C16H19N3/c1-17-13-19-16(15-10-6-3-7-11-15)18-12-14-8-4-2-5-9-14/h2-11,17H,12-13H2,1H3,(H,18,19). The molecule has 0 heterocycles. The van der Waals surface area contributed by atoms with Gasteiger partial charge in [-0.15, -0.1) is 0 Å². The molecule has 98 valence electrons. The van der Waals surface area contributed by atoms with Gasteiger partial charge < -0.3 is 10.6 Å². The van der Waals surface area contributed by atoms with E-state index in [0.29, 0.717) is 13.2 Å². The van der Waals surface area contributed by atoms with Gasteiger partial charge in [0.15, 0.2) is 0 Å². The van der Waals surface area contributed by atoms with Gasteiger partial charge in [0.25, 0.3) is 0 Å². The lowest BCUT2D eigenvalue weighted by Crippen LogP contribution is -2.32. The van der Waals surface area contributed by atoms with E-state index in [1.54, 1.807) is 0 Å². The topological polar surface area (TPSA) is 36.4 Å². The van der Waals surface area contributed by atoms with Crippen LogP contribution in [-0.4, -0.2) is 19.6 Å². The summed E-state index contributed by atoms with van der Waals surface area (Å²) in [6, 6.07) is 20.4. The molecule has 0 amide bonds. The second kappa shape index (κ2) is 7.34. The molecular weight excluding hydrogens is 234 g/mol. The van der Waals surface area contributed by atoms with E-state index < -0.39 is 0 Å².